The highest BCUT2D eigenvalue weighted by Gasteiger charge is 2.68. The molecule has 2 amide bonds. The van der Waals surface area contributed by atoms with Gasteiger partial charge in [0.1, 0.15) is 5.54 Å². The number of fused-ring (bicyclic) bond motifs is 1. The fourth-order valence-electron chi connectivity index (χ4n) is 4.51. The van der Waals surface area contributed by atoms with Crippen molar-refractivity contribution < 1.29 is 19.1 Å². The molecule has 4 rings (SSSR count). The Morgan fingerprint density at radius 1 is 1.21 bits per heavy atom. The van der Waals surface area contributed by atoms with Crippen molar-refractivity contribution in [3.05, 3.63) is 52.7 Å². The third-order valence-electron chi connectivity index (χ3n) is 5.77. The van der Waals surface area contributed by atoms with Crippen LogP contribution in [-0.2, 0) is 19.1 Å². The molecule has 2 aromatic rings. The molecule has 1 aromatic heterocycles. The Morgan fingerprint density at radius 3 is 2.59 bits per heavy atom. The molecule has 6 nitrogen and oxygen atoms in total. The molecule has 1 aromatic carbocycles. The SMILES string of the molecule is COC(=O)[C@@]1(CCSC)N[C@@H](c2cccs2)[C@H]2C(=O)N(c3ccccc3)C(=O)[C@@H]21. The first-order valence-electron chi connectivity index (χ1n) is 9.36. The van der Waals surface area contributed by atoms with Crippen molar-refractivity contribution in [2.24, 2.45) is 11.8 Å². The average molecular weight is 431 g/mol. The highest BCUT2D eigenvalue weighted by atomic mass is 32.2. The Kier molecular flexibility index (Phi) is 5.50. The number of ether oxygens (including phenoxy) is 1. The van der Waals surface area contributed by atoms with Crippen molar-refractivity contribution in [1.82, 2.24) is 5.32 Å². The number of nitrogens with zero attached hydrogens (tertiary/aromatic N) is 1. The van der Waals surface area contributed by atoms with Crippen LogP contribution in [0.25, 0.3) is 0 Å². The quantitative estimate of drug-likeness (QED) is 0.561. The molecule has 2 fully saturated rings. The first-order valence-corrected chi connectivity index (χ1v) is 11.6. The number of carbonyl (C=O) groups excluding carboxylic acids is 3. The smallest absolute Gasteiger partial charge is 0.326 e. The monoisotopic (exact) mass is 430 g/mol. The zero-order chi connectivity index (χ0) is 20.6. The number of esters is 1. The minimum atomic E-state index is -1.23. The molecule has 0 saturated carbocycles. The standard InChI is InChI=1S/C21H22N2O4S2/c1-27-20(26)21(10-12-28-2)16-15(17(22-21)14-9-6-11-29-14)18(24)23(19(16)25)13-7-4-3-5-8-13/h3-9,11,15-17,22H,10,12H2,1-2H3/t15-,16+,17-,21-/m0/s1. The molecule has 152 valence electrons. The number of carbonyl (C=O) groups is 3. The molecule has 0 radical (unpaired) electrons. The van der Waals surface area contributed by atoms with E-state index in [4.69, 9.17) is 4.74 Å². The second-order valence-corrected chi connectivity index (χ2v) is 9.16. The summed E-state index contributed by atoms with van der Waals surface area (Å²) in [7, 11) is 1.33. The van der Waals surface area contributed by atoms with Gasteiger partial charge in [-0.05, 0) is 42.0 Å². The maximum absolute atomic E-state index is 13.6. The fraction of sp³-hybridized carbons (Fsp3) is 0.381. The first kappa shape index (κ1) is 20.1. The van der Waals surface area contributed by atoms with Gasteiger partial charge >= 0.3 is 5.97 Å². The van der Waals surface area contributed by atoms with E-state index in [0.717, 1.165) is 4.88 Å². The van der Waals surface area contributed by atoms with Crippen molar-refractivity contribution in [1.29, 1.82) is 0 Å². The van der Waals surface area contributed by atoms with E-state index in [2.05, 4.69) is 5.32 Å². The van der Waals surface area contributed by atoms with E-state index in [0.29, 0.717) is 17.9 Å². The molecular formula is C21H22N2O4S2. The van der Waals surface area contributed by atoms with E-state index in [1.165, 1.54) is 23.3 Å². The first-order chi connectivity index (χ1) is 14.0. The van der Waals surface area contributed by atoms with Gasteiger partial charge in [-0.3, -0.25) is 19.7 Å². The molecule has 0 aliphatic carbocycles. The number of thiophene rings is 1. The molecule has 4 atom stereocenters. The highest BCUT2D eigenvalue weighted by Crippen LogP contribution is 2.52. The van der Waals surface area contributed by atoms with Gasteiger partial charge in [0, 0.05) is 4.88 Å². The van der Waals surface area contributed by atoms with Crippen LogP contribution in [0.1, 0.15) is 17.3 Å². The van der Waals surface area contributed by atoms with Crippen molar-refractivity contribution in [3.8, 4) is 0 Å². The zero-order valence-electron chi connectivity index (χ0n) is 16.2. The van der Waals surface area contributed by atoms with Gasteiger partial charge in [0.25, 0.3) is 0 Å². The van der Waals surface area contributed by atoms with Crippen LogP contribution in [0.15, 0.2) is 47.8 Å². The molecule has 2 aliphatic heterocycles. The number of imide groups is 1. The summed E-state index contributed by atoms with van der Waals surface area (Å²) in [6.45, 7) is 0. The summed E-state index contributed by atoms with van der Waals surface area (Å²) in [6, 6.07) is 12.3. The molecule has 3 heterocycles. The summed E-state index contributed by atoms with van der Waals surface area (Å²) >= 11 is 3.10. The molecular weight excluding hydrogens is 408 g/mol. The maximum Gasteiger partial charge on any atom is 0.326 e. The lowest BCUT2D eigenvalue weighted by molar-refractivity contribution is -0.152. The Balaban J connectivity index is 1.84. The Morgan fingerprint density at radius 2 is 1.97 bits per heavy atom. The van der Waals surface area contributed by atoms with Gasteiger partial charge in [-0.2, -0.15) is 11.8 Å². The zero-order valence-corrected chi connectivity index (χ0v) is 17.8. The Hall–Kier alpha value is -2.16. The normalized spacial score (nSPS) is 28.6. The van der Waals surface area contributed by atoms with Crippen molar-refractivity contribution in [2.45, 2.75) is 18.0 Å². The van der Waals surface area contributed by atoms with E-state index in [1.54, 1.807) is 36.0 Å². The highest BCUT2D eigenvalue weighted by molar-refractivity contribution is 7.98. The molecule has 2 saturated heterocycles. The molecule has 0 spiro atoms. The van der Waals surface area contributed by atoms with Crippen molar-refractivity contribution >= 4 is 46.6 Å². The Labute approximate surface area is 177 Å². The number of anilines is 1. The average Bonchev–Trinajstić information content (AvgIpc) is 3.44. The van der Waals surface area contributed by atoms with Crippen molar-refractivity contribution in [3.63, 3.8) is 0 Å². The second kappa shape index (κ2) is 7.93. The topological polar surface area (TPSA) is 75.7 Å². The summed E-state index contributed by atoms with van der Waals surface area (Å²) in [4.78, 5) is 42.3. The minimum Gasteiger partial charge on any atom is -0.468 e. The van der Waals surface area contributed by atoms with Crippen LogP contribution in [0.4, 0.5) is 5.69 Å². The summed E-state index contributed by atoms with van der Waals surface area (Å²) < 4.78 is 5.14. The van der Waals surface area contributed by atoms with Gasteiger partial charge in [0.05, 0.1) is 30.7 Å². The third-order valence-corrected chi connectivity index (χ3v) is 7.34. The van der Waals surface area contributed by atoms with E-state index >= 15 is 0 Å². The number of thioether (sulfide) groups is 1. The fourth-order valence-corrected chi connectivity index (χ4v) is 5.86. The number of methoxy groups -OCH3 is 1. The van der Waals surface area contributed by atoms with E-state index in [9.17, 15) is 14.4 Å². The van der Waals surface area contributed by atoms with E-state index in [1.807, 2.05) is 29.8 Å². The summed E-state index contributed by atoms with van der Waals surface area (Å²) in [5.41, 5.74) is -0.696. The number of para-hydroxylation sites is 1. The summed E-state index contributed by atoms with van der Waals surface area (Å²) in [5.74, 6) is -1.90. The lowest BCUT2D eigenvalue weighted by Gasteiger charge is -2.32. The Bertz CT molecular complexity index is 918. The molecule has 0 unspecified atom stereocenters. The molecule has 0 bridgehead atoms. The van der Waals surface area contributed by atoms with Gasteiger partial charge < -0.3 is 4.74 Å². The van der Waals surface area contributed by atoms with Gasteiger partial charge in [0.2, 0.25) is 11.8 Å². The van der Waals surface area contributed by atoms with E-state index in [-0.39, 0.29) is 11.8 Å². The number of hydrogen-bond acceptors (Lipinski definition) is 7. The van der Waals surface area contributed by atoms with Crippen LogP contribution in [0.5, 0.6) is 0 Å². The van der Waals surface area contributed by atoms with Gasteiger partial charge in [0.15, 0.2) is 0 Å². The van der Waals surface area contributed by atoms with Crippen LogP contribution >= 0.6 is 23.1 Å². The molecule has 1 N–H and O–H groups in total. The molecule has 8 heteroatoms. The maximum atomic E-state index is 13.6. The molecule has 2 aliphatic rings. The summed E-state index contributed by atoms with van der Waals surface area (Å²) in [6.07, 6.45) is 2.36. The van der Waals surface area contributed by atoms with Gasteiger partial charge in [-0.1, -0.05) is 24.3 Å². The second-order valence-electron chi connectivity index (χ2n) is 7.19. The number of amides is 2. The minimum absolute atomic E-state index is 0.271. The molecule has 29 heavy (non-hydrogen) atoms. The van der Waals surface area contributed by atoms with Crippen molar-refractivity contribution in [2.75, 3.05) is 24.0 Å². The predicted molar refractivity (Wildman–Crippen MR) is 114 cm³/mol. The third kappa shape index (κ3) is 3.10. The lowest BCUT2D eigenvalue weighted by atomic mass is 9.78. The lowest BCUT2D eigenvalue weighted by Crippen LogP contribution is -2.56. The number of hydrogen-bond donors (Lipinski definition) is 1. The van der Waals surface area contributed by atoms with E-state index < -0.39 is 29.4 Å². The van der Waals surface area contributed by atoms with Crippen LogP contribution in [0, 0.1) is 11.8 Å². The number of rotatable bonds is 6. The van der Waals surface area contributed by atoms with Gasteiger partial charge in [-0.25, -0.2) is 4.90 Å². The van der Waals surface area contributed by atoms with Crippen LogP contribution in [-0.4, -0.2) is 42.4 Å². The number of nitrogens with one attached hydrogen (secondary N) is 1. The van der Waals surface area contributed by atoms with Crippen LogP contribution < -0.4 is 10.2 Å². The summed E-state index contributed by atoms with van der Waals surface area (Å²) in [5, 5.41) is 5.31. The largest absolute Gasteiger partial charge is 0.468 e. The van der Waals surface area contributed by atoms with Crippen LogP contribution in [0.2, 0.25) is 0 Å². The van der Waals surface area contributed by atoms with Gasteiger partial charge in [-0.15, -0.1) is 11.3 Å². The number of benzene rings is 1. The van der Waals surface area contributed by atoms with Crippen LogP contribution in [0.3, 0.4) is 0 Å². The predicted octanol–water partition coefficient (Wildman–Crippen LogP) is 2.86.